The SMILES string of the molecule is CC(C)C[C@H](N)C(=O)N[C@H](C(=O)N[C@H](C(=O)N[C@@H](C)C(=O)N1CCC[C@H]1C(=O)N[C@@H](Cc1c[nH]c2ccccc12)C(=O)N[C@H](C(=O)O)[C@@H](C)O)C(C)C)C(C)C. The Morgan fingerprint density at radius 2 is 1.38 bits per heavy atom. The number of nitrogens with two attached hydrogens (primary N) is 1. The first kappa shape index (κ1) is 45.4. The Hall–Kier alpha value is -5.03. The maximum Gasteiger partial charge on any atom is 0.328 e. The quantitative estimate of drug-likeness (QED) is 0.0941. The van der Waals surface area contributed by atoms with Crippen LogP contribution in [0.5, 0.6) is 0 Å². The Kier molecular flexibility index (Phi) is 16.4. The van der Waals surface area contributed by atoms with Gasteiger partial charge in [0.15, 0.2) is 6.04 Å². The van der Waals surface area contributed by atoms with Crippen LogP contribution in [0, 0.1) is 17.8 Å². The number of fused-ring (bicyclic) bond motifs is 1. The van der Waals surface area contributed by atoms with Gasteiger partial charge in [-0.25, -0.2) is 4.79 Å². The number of rotatable bonds is 19. The molecule has 0 aliphatic carbocycles. The Balaban J connectivity index is 1.74. The molecule has 6 amide bonds. The zero-order valence-corrected chi connectivity index (χ0v) is 33.5. The number of aliphatic hydroxyl groups is 1. The minimum Gasteiger partial charge on any atom is -0.480 e. The maximum atomic E-state index is 13.8. The molecule has 1 aliphatic heterocycles. The van der Waals surface area contributed by atoms with E-state index < -0.39 is 95.7 Å². The van der Waals surface area contributed by atoms with Gasteiger partial charge in [0.05, 0.1) is 12.1 Å². The highest BCUT2D eigenvalue weighted by atomic mass is 16.4. The summed E-state index contributed by atoms with van der Waals surface area (Å²) in [7, 11) is 0. The summed E-state index contributed by atoms with van der Waals surface area (Å²) in [6.45, 7) is 13.7. The predicted molar refractivity (Wildman–Crippen MR) is 208 cm³/mol. The lowest BCUT2D eigenvalue weighted by atomic mass is 9.98. The van der Waals surface area contributed by atoms with Gasteiger partial charge in [-0.05, 0) is 62.5 Å². The third-order valence-corrected chi connectivity index (χ3v) is 9.90. The molecule has 0 bridgehead atoms. The number of nitrogens with zero attached hydrogens (tertiary/aromatic N) is 1. The molecule has 0 unspecified atom stereocenters. The number of aromatic amines is 1. The topological polar surface area (TPSA) is 265 Å². The van der Waals surface area contributed by atoms with E-state index in [9.17, 15) is 43.8 Å². The summed E-state index contributed by atoms with van der Waals surface area (Å²) < 4.78 is 0. The predicted octanol–water partition coefficient (Wildman–Crippen LogP) is 0.296. The first-order chi connectivity index (χ1) is 26.2. The second-order valence-corrected chi connectivity index (χ2v) is 15.8. The van der Waals surface area contributed by atoms with Crippen LogP contribution in [0.3, 0.4) is 0 Å². The van der Waals surface area contributed by atoms with Gasteiger partial charge in [0.2, 0.25) is 35.4 Å². The number of hydrogen-bond acceptors (Lipinski definition) is 9. The third-order valence-electron chi connectivity index (χ3n) is 9.90. The lowest BCUT2D eigenvalue weighted by Gasteiger charge is -2.31. The molecule has 0 radical (unpaired) electrons. The number of aliphatic hydroxyl groups excluding tert-OH is 1. The number of aliphatic carboxylic acids is 1. The summed E-state index contributed by atoms with van der Waals surface area (Å²) in [6, 6.07) is -0.568. The Morgan fingerprint density at radius 3 is 1.95 bits per heavy atom. The first-order valence-corrected chi connectivity index (χ1v) is 19.3. The van der Waals surface area contributed by atoms with E-state index >= 15 is 0 Å². The van der Waals surface area contributed by atoms with Crippen LogP contribution in [0.2, 0.25) is 0 Å². The maximum absolute atomic E-state index is 13.8. The average molecular weight is 785 g/mol. The Morgan fingerprint density at radius 1 is 0.804 bits per heavy atom. The highest BCUT2D eigenvalue weighted by Gasteiger charge is 2.40. The largest absolute Gasteiger partial charge is 0.480 e. The number of nitrogens with one attached hydrogen (secondary N) is 6. The van der Waals surface area contributed by atoms with E-state index in [1.165, 1.54) is 18.7 Å². The summed E-state index contributed by atoms with van der Waals surface area (Å²) in [5.41, 5.74) is 7.49. The van der Waals surface area contributed by atoms with Gasteiger partial charge in [-0.1, -0.05) is 59.7 Å². The number of likely N-dealkylation sites (tertiary alicyclic amines) is 1. The minimum absolute atomic E-state index is 0.0325. The van der Waals surface area contributed by atoms with E-state index in [1.807, 2.05) is 38.1 Å². The monoisotopic (exact) mass is 784 g/mol. The molecule has 3 rings (SSSR count). The van der Waals surface area contributed by atoms with Crippen LogP contribution >= 0.6 is 0 Å². The highest BCUT2D eigenvalue weighted by molar-refractivity contribution is 5.97. The van der Waals surface area contributed by atoms with E-state index in [1.54, 1.807) is 33.9 Å². The number of aromatic nitrogens is 1. The summed E-state index contributed by atoms with van der Waals surface area (Å²) in [5, 5.41) is 33.5. The van der Waals surface area contributed by atoms with Gasteiger partial charge < -0.3 is 52.4 Å². The standard InChI is InChI=1S/C39H60N8O9/c1-19(2)16-26(40)33(49)44-31(21(5)6)37(53)45-30(20(3)4)36(52)42-22(7)38(54)47-15-11-14-29(47)35(51)43-28(34(50)46-32(23(8)48)39(55)56)17-24-18-41-27-13-10-9-12-25(24)27/h9-10,12-13,18-23,26,28-32,41,48H,11,14-17,40H2,1-8H3,(H,42,52)(H,43,51)(H,44,49)(H,45,53)(H,46,50)(H,55,56)/t22-,23+,26-,28-,29-,30-,31-,32-/m0/s1. The number of para-hydroxylation sites is 1. The molecule has 2 aromatic rings. The normalized spacial score (nSPS) is 18.1. The molecule has 2 heterocycles. The fourth-order valence-corrected chi connectivity index (χ4v) is 6.75. The van der Waals surface area contributed by atoms with Crippen molar-refractivity contribution in [1.82, 2.24) is 36.5 Å². The molecule has 10 N–H and O–H groups in total. The van der Waals surface area contributed by atoms with Gasteiger partial charge in [-0.2, -0.15) is 0 Å². The van der Waals surface area contributed by atoms with Crippen molar-refractivity contribution in [2.24, 2.45) is 23.5 Å². The van der Waals surface area contributed by atoms with Crippen molar-refractivity contribution in [2.75, 3.05) is 6.54 Å². The van der Waals surface area contributed by atoms with E-state index in [0.717, 1.165) is 10.9 Å². The highest BCUT2D eigenvalue weighted by Crippen LogP contribution is 2.22. The number of carbonyl (C=O) groups is 7. The number of carboxylic acid groups (broad SMARTS) is 1. The number of carboxylic acids is 1. The molecule has 1 aromatic heterocycles. The summed E-state index contributed by atoms with van der Waals surface area (Å²) in [6.07, 6.45) is 1.37. The Bertz CT molecular complexity index is 1720. The second-order valence-electron chi connectivity index (χ2n) is 15.8. The smallest absolute Gasteiger partial charge is 0.328 e. The third kappa shape index (κ3) is 12.0. The molecule has 310 valence electrons. The van der Waals surface area contributed by atoms with Crippen LogP contribution in [0.25, 0.3) is 10.9 Å². The van der Waals surface area contributed by atoms with Gasteiger partial charge in [0, 0.05) is 30.1 Å². The molecule has 1 saturated heterocycles. The number of benzene rings is 1. The molecule has 17 nitrogen and oxygen atoms in total. The van der Waals surface area contributed by atoms with Crippen molar-refractivity contribution in [1.29, 1.82) is 0 Å². The lowest BCUT2D eigenvalue weighted by Crippen LogP contribution is -2.60. The molecule has 8 atom stereocenters. The molecule has 0 saturated carbocycles. The van der Waals surface area contributed by atoms with Crippen molar-refractivity contribution in [3.05, 3.63) is 36.0 Å². The number of hydrogen-bond donors (Lipinski definition) is 9. The molecule has 1 aliphatic rings. The fourth-order valence-electron chi connectivity index (χ4n) is 6.75. The molecule has 0 spiro atoms. The zero-order valence-electron chi connectivity index (χ0n) is 33.5. The van der Waals surface area contributed by atoms with Crippen LogP contribution < -0.4 is 32.3 Å². The van der Waals surface area contributed by atoms with Crippen LogP contribution in [-0.4, -0.2) is 116 Å². The first-order valence-electron chi connectivity index (χ1n) is 19.3. The summed E-state index contributed by atoms with van der Waals surface area (Å²) in [4.78, 5) is 97.1. The van der Waals surface area contributed by atoms with E-state index in [2.05, 4.69) is 31.6 Å². The number of carbonyl (C=O) groups excluding carboxylic acids is 6. The van der Waals surface area contributed by atoms with E-state index in [4.69, 9.17) is 5.73 Å². The van der Waals surface area contributed by atoms with Crippen molar-refractivity contribution >= 4 is 52.3 Å². The van der Waals surface area contributed by atoms with E-state index in [0.29, 0.717) is 18.4 Å². The van der Waals surface area contributed by atoms with Gasteiger partial charge in [-0.15, -0.1) is 0 Å². The minimum atomic E-state index is -1.64. The van der Waals surface area contributed by atoms with Gasteiger partial charge >= 0.3 is 5.97 Å². The molecule has 17 heteroatoms. The van der Waals surface area contributed by atoms with Crippen LogP contribution in [0.4, 0.5) is 0 Å². The average Bonchev–Trinajstić information content (AvgIpc) is 3.77. The molecule has 1 aromatic carbocycles. The van der Waals surface area contributed by atoms with Crippen molar-refractivity contribution < 1.29 is 43.8 Å². The van der Waals surface area contributed by atoms with Crippen molar-refractivity contribution in [3.8, 4) is 0 Å². The van der Waals surface area contributed by atoms with Gasteiger partial charge in [-0.3, -0.25) is 28.8 Å². The lowest BCUT2D eigenvalue weighted by molar-refractivity contribution is -0.145. The zero-order chi connectivity index (χ0) is 42.0. The fraction of sp³-hybridized carbons (Fsp3) is 0.615. The van der Waals surface area contributed by atoms with Crippen molar-refractivity contribution in [2.45, 2.75) is 129 Å². The van der Waals surface area contributed by atoms with E-state index in [-0.39, 0.29) is 31.2 Å². The van der Waals surface area contributed by atoms with Crippen LogP contribution in [-0.2, 0) is 40.0 Å². The van der Waals surface area contributed by atoms with Gasteiger partial charge in [0.1, 0.15) is 30.2 Å². The Labute approximate surface area is 327 Å². The molecule has 56 heavy (non-hydrogen) atoms. The van der Waals surface area contributed by atoms with Crippen LogP contribution in [0.15, 0.2) is 30.5 Å². The van der Waals surface area contributed by atoms with Crippen molar-refractivity contribution in [3.63, 3.8) is 0 Å². The second kappa shape index (κ2) is 20.2. The van der Waals surface area contributed by atoms with Crippen LogP contribution in [0.1, 0.15) is 80.2 Å². The summed E-state index contributed by atoms with van der Waals surface area (Å²) in [5.74, 6) is -5.78. The van der Waals surface area contributed by atoms with Gasteiger partial charge in [0.25, 0.3) is 0 Å². The number of amides is 6. The molecular formula is C39H60N8O9. The molecular weight excluding hydrogens is 724 g/mol. The molecule has 1 fully saturated rings. The summed E-state index contributed by atoms with van der Waals surface area (Å²) >= 11 is 0. The number of H-pyrrole nitrogens is 1.